The average Bonchev–Trinajstić information content (AvgIpc) is 2.90. The number of Topliss-reactive ketones (excluding diaryl/α,β-unsaturated/α-hetero) is 1. The van der Waals surface area contributed by atoms with Crippen molar-refractivity contribution in [2.45, 2.75) is 39.2 Å². The fourth-order valence-electron chi connectivity index (χ4n) is 3.69. The van der Waals surface area contributed by atoms with Crippen LogP contribution in [0.5, 0.6) is 0 Å². The Balaban J connectivity index is 1.85. The van der Waals surface area contributed by atoms with E-state index < -0.39 is 29.1 Å². The Hall–Kier alpha value is -3.07. The molecule has 0 spiro atoms. The minimum Gasteiger partial charge on any atom is -0.381 e. The van der Waals surface area contributed by atoms with E-state index in [4.69, 9.17) is 4.74 Å². The van der Waals surface area contributed by atoms with Crippen molar-refractivity contribution in [1.29, 1.82) is 0 Å². The normalized spacial score (nSPS) is 15.5. The van der Waals surface area contributed by atoms with E-state index in [1.807, 2.05) is 6.92 Å². The number of ketones is 1. The lowest BCUT2D eigenvalue weighted by atomic mass is 9.92. The summed E-state index contributed by atoms with van der Waals surface area (Å²) >= 11 is 0. The minimum atomic E-state index is -0.719. The lowest BCUT2D eigenvalue weighted by Crippen LogP contribution is -2.51. The number of halogens is 1. The molecule has 160 valence electrons. The van der Waals surface area contributed by atoms with E-state index >= 15 is 0 Å². The lowest BCUT2D eigenvalue weighted by molar-refractivity contribution is -0.119. The van der Waals surface area contributed by atoms with Crippen LogP contribution in [0.4, 0.5) is 10.1 Å². The summed E-state index contributed by atoms with van der Waals surface area (Å²) in [5.41, 5.74) is 1.06. The molecule has 8 nitrogen and oxygen atoms in total. The molecular weight excluding hydrogens is 391 g/mol. The Morgan fingerprint density at radius 1 is 1.23 bits per heavy atom. The molecular formula is C21H25FN4O4. The highest BCUT2D eigenvalue weighted by Gasteiger charge is 2.34. The molecule has 3 rings (SSSR count). The number of carbonyl (C=O) groups is 3. The summed E-state index contributed by atoms with van der Waals surface area (Å²) in [6.45, 7) is 6.23. The number of nitrogens with one attached hydrogen (secondary N) is 2. The summed E-state index contributed by atoms with van der Waals surface area (Å²) in [5.74, 6) is -2.64. The van der Waals surface area contributed by atoms with Gasteiger partial charge in [-0.05, 0) is 45.2 Å². The second kappa shape index (κ2) is 8.35. The van der Waals surface area contributed by atoms with E-state index in [9.17, 15) is 18.8 Å². The Kier molecular flexibility index (Phi) is 6.02. The number of aromatic nitrogens is 2. The average molecular weight is 416 g/mol. The van der Waals surface area contributed by atoms with Gasteiger partial charge in [0.25, 0.3) is 17.6 Å². The van der Waals surface area contributed by atoms with Gasteiger partial charge in [-0.15, -0.1) is 0 Å². The van der Waals surface area contributed by atoms with Gasteiger partial charge in [0.15, 0.2) is 0 Å². The van der Waals surface area contributed by atoms with E-state index in [1.165, 1.54) is 16.8 Å². The van der Waals surface area contributed by atoms with Gasteiger partial charge in [0.05, 0.1) is 11.3 Å². The SMILES string of the molecule is Cc1c(C(=O)Nc2ccnc(F)c2)c(C)n(C)c1C(=O)C(=O)NC1(C)CCOCC1. The van der Waals surface area contributed by atoms with Crippen LogP contribution < -0.4 is 10.6 Å². The molecule has 2 amide bonds. The molecule has 0 aliphatic carbocycles. The molecule has 1 aliphatic rings. The van der Waals surface area contributed by atoms with Crippen LogP contribution in [0.2, 0.25) is 0 Å². The van der Waals surface area contributed by atoms with Gasteiger partial charge >= 0.3 is 0 Å². The number of nitrogens with zero attached hydrogens (tertiary/aromatic N) is 2. The Bertz CT molecular complexity index is 1010. The maximum atomic E-state index is 13.3. The first kappa shape index (κ1) is 21.6. The van der Waals surface area contributed by atoms with Crippen LogP contribution in [0.25, 0.3) is 0 Å². The number of ether oxygens (including phenoxy) is 1. The number of amides is 2. The van der Waals surface area contributed by atoms with Crippen LogP contribution >= 0.6 is 0 Å². The molecule has 0 unspecified atom stereocenters. The number of anilines is 1. The van der Waals surface area contributed by atoms with E-state index in [0.29, 0.717) is 37.3 Å². The predicted octanol–water partition coefficient (Wildman–Crippen LogP) is 2.30. The molecule has 0 atom stereocenters. The third-order valence-electron chi connectivity index (χ3n) is 5.57. The molecule has 1 saturated heterocycles. The quantitative estimate of drug-likeness (QED) is 0.442. The van der Waals surface area contributed by atoms with Crippen molar-refractivity contribution in [1.82, 2.24) is 14.9 Å². The first-order valence-corrected chi connectivity index (χ1v) is 9.66. The molecule has 2 aromatic heterocycles. The standard InChI is InChI=1S/C21H25FN4O4/c1-12-16(19(28)24-14-5-8-23-15(22)11-14)13(2)26(4)17(12)18(27)20(29)25-21(3)6-9-30-10-7-21/h5,8,11H,6-7,9-10H2,1-4H3,(H,25,29)(H,23,24,28). The van der Waals surface area contributed by atoms with Crippen LogP contribution in [0.1, 0.15) is 51.9 Å². The van der Waals surface area contributed by atoms with Gasteiger partial charge < -0.3 is 19.9 Å². The van der Waals surface area contributed by atoms with E-state index in [2.05, 4.69) is 15.6 Å². The number of pyridine rings is 1. The molecule has 3 heterocycles. The molecule has 2 N–H and O–H groups in total. The van der Waals surface area contributed by atoms with Crippen LogP contribution in [0.3, 0.4) is 0 Å². The maximum absolute atomic E-state index is 13.3. The molecule has 9 heteroatoms. The van der Waals surface area contributed by atoms with E-state index in [0.717, 1.165) is 6.07 Å². The van der Waals surface area contributed by atoms with Crippen LogP contribution in [0, 0.1) is 19.8 Å². The third kappa shape index (κ3) is 4.25. The largest absolute Gasteiger partial charge is 0.381 e. The van der Waals surface area contributed by atoms with Gasteiger partial charge in [-0.25, -0.2) is 4.98 Å². The third-order valence-corrected chi connectivity index (χ3v) is 5.57. The Labute approximate surface area is 173 Å². The van der Waals surface area contributed by atoms with Crippen molar-refractivity contribution in [2.24, 2.45) is 7.05 Å². The van der Waals surface area contributed by atoms with E-state index in [-0.39, 0.29) is 16.9 Å². The molecule has 0 bridgehead atoms. The van der Waals surface area contributed by atoms with Crippen molar-refractivity contribution in [2.75, 3.05) is 18.5 Å². The van der Waals surface area contributed by atoms with Crippen LogP contribution in [0.15, 0.2) is 18.3 Å². The van der Waals surface area contributed by atoms with Crippen molar-refractivity contribution < 1.29 is 23.5 Å². The van der Waals surface area contributed by atoms with Crippen molar-refractivity contribution in [3.05, 3.63) is 46.8 Å². The Morgan fingerprint density at radius 2 is 1.90 bits per heavy atom. The molecule has 2 aromatic rings. The van der Waals surface area contributed by atoms with Gasteiger partial charge in [0.2, 0.25) is 5.95 Å². The van der Waals surface area contributed by atoms with Crippen molar-refractivity contribution in [3.8, 4) is 0 Å². The highest BCUT2D eigenvalue weighted by atomic mass is 19.1. The fraction of sp³-hybridized carbons (Fsp3) is 0.429. The second-order valence-corrected chi connectivity index (χ2v) is 7.77. The van der Waals surface area contributed by atoms with Gasteiger partial charge in [0, 0.05) is 49.4 Å². The summed E-state index contributed by atoms with van der Waals surface area (Å²) in [7, 11) is 1.63. The predicted molar refractivity (Wildman–Crippen MR) is 108 cm³/mol. The highest BCUT2D eigenvalue weighted by Crippen LogP contribution is 2.24. The van der Waals surface area contributed by atoms with Gasteiger partial charge in [-0.3, -0.25) is 14.4 Å². The monoisotopic (exact) mass is 416 g/mol. The zero-order valence-corrected chi connectivity index (χ0v) is 17.5. The topological polar surface area (TPSA) is 102 Å². The Morgan fingerprint density at radius 3 is 2.53 bits per heavy atom. The van der Waals surface area contributed by atoms with Crippen molar-refractivity contribution in [3.63, 3.8) is 0 Å². The first-order chi connectivity index (χ1) is 14.1. The molecule has 0 aromatic carbocycles. The van der Waals surface area contributed by atoms with Crippen LogP contribution in [-0.2, 0) is 16.6 Å². The van der Waals surface area contributed by atoms with Gasteiger partial charge in [-0.2, -0.15) is 4.39 Å². The van der Waals surface area contributed by atoms with Crippen LogP contribution in [-0.4, -0.2) is 45.9 Å². The second-order valence-electron chi connectivity index (χ2n) is 7.77. The highest BCUT2D eigenvalue weighted by molar-refractivity contribution is 6.43. The first-order valence-electron chi connectivity index (χ1n) is 9.66. The number of carbonyl (C=O) groups excluding carboxylic acids is 3. The molecule has 30 heavy (non-hydrogen) atoms. The number of rotatable bonds is 5. The number of hydrogen-bond acceptors (Lipinski definition) is 5. The summed E-state index contributed by atoms with van der Waals surface area (Å²) in [6, 6.07) is 2.56. The van der Waals surface area contributed by atoms with Crippen molar-refractivity contribution >= 4 is 23.3 Å². The summed E-state index contributed by atoms with van der Waals surface area (Å²) < 4.78 is 20.2. The zero-order valence-electron chi connectivity index (χ0n) is 17.5. The molecule has 0 radical (unpaired) electrons. The zero-order chi connectivity index (χ0) is 22.1. The molecule has 0 saturated carbocycles. The smallest absolute Gasteiger partial charge is 0.294 e. The lowest BCUT2D eigenvalue weighted by Gasteiger charge is -2.34. The fourth-order valence-corrected chi connectivity index (χ4v) is 3.69. The summed E-state index contributed by atoms with van der Waals surface area (Å²) in [4.78, 5) is 41.9. The van der Waals surface area contributed by atoms with Gasteiger partial charge in [-0.1, -0.05) is 0 Å². The molecule has 1 aliphatic heterocycles. The van der Waals surface area contributed by atoms with Gasteiger partial charge in [0.1, 0.15) is 0 Å². The maximum Gasteiger partial charge on any atom is 0.294 e. The number of hydrogen-bond donors (Lipinski definition) is 2. The molecule has 1 fully saturated rings. The summed E-state index contributed by atoms with van der Waals surface area (Å²) in [5, 5.41) is 5.42. The summed E-state index contributed by atoms with van der Waals surface area (Å²) in [6.07, 6.45) is 2.48. The van der Waals surface area contributed by atoms with E-state index in [1.54, 1.807) is 20.9 Å². The minimum absolute atomic E-state index is 0.145.